The molecule has 0 aromatic carbocycles. The van der Waals surface area contributed by atoms with Crippen molar-refractivity contribution in [1.82, 2.24) is 19.6 Å². The number of ether oxygens (including phenoxy) is 1. The summed E-state index contributed by atoms with van der Waals surface area (Å²) < 4.78 is 5.75. The molecular formula is C21H38N4O3. The van der Waals surface area contributed by atoms with Crippen LogP contribution in [0.2, 0.25) is 0 Å². The molecule has 4 atom stereocenters. The number of amides is 2. The minimum atomic E-state index is -0.113. The topological polar surface area (TPSA) is 56.3 Å². The van der Waals surface area contributed by atoms with Crippen LogP contribution in [0.5, 0.6) is 0 Å². The van der Waals surface area contributed by atoms with Crippen molar-refractivity contribution in [3.05, 3.63) is 0 Å². The van der Waals surface area contributed by atoms with Gasteiger partial charge in [0.25, 0.3) is 0 Å². The standard InChI is InChI=1S/C21H38N4O3/c1-16-7-5-6-8-25(16)20(26)15-22-9-11-23(12-10-22)19(4)21(27)24-13-17(2)28-18(3)14-24/h16-19H,5-15H2,1-4H3. The number of hydrogen-bond donors (Lipinski definition) is 0. The normalized spacial score (nSPS) is 31.6. The highest BCUT2D eigenvalue weighted by molar-refractivity contribution is 5.81. The van der Waals surface area contributed by atoms with Crippen LogP contribution in [-0.2, 0) is 14.3 Å². The van der Waals surface area contributed by atoms with E-state index in [4.69, 9.17) is 4.74 Å². The second-order valence-electron chi connectivity index (χ2n) is 8.92. The van der Waals surface area contributed by atoms with Gasteiger partial charge in [0, 0.05) is 51.9 Å². The zero-order valence-corrected chi connectivity index (χ0v) is 18.1. The first-order chi connectivity index (χ1) is 13.3. The lowest BCUT2D eigenvalue weighted by atomic mass is 10.0. The molecule has 160 valence electrons. The molecule has 0 N–H and O–H groups in total. The highest BCUT2D eigenvalue weighted by Gasteiger charge is 2.33. The lowest BCUT2D eigenvalue weighted by molar-refractivity contribution is -0.149. The van der Waals surface area contributed by atoms with Crippen molar-refractivity contribution in [3.63, 3.8) is 0 Å². The molecule has 7 heteroatoms. The Kier molecular flexibility index (Phi) is 7.34. The van der Waals surface area contributed by atoms with Crippen LogP contribution in [0.3, 0.4) is 0 Å². The molecule has 0 bridgehead atoms. The average molecular weight is 395 g/mol. The Labute approximate surface area is 169 Å². The predicted octanol–water partition coefficient (Wildman–Crippen LogP) is 1.03. The molecule has 0 aliphatic carbocycles. The van der Waals surface area contributed by atoms with Gasteiger partial charge >= 0.3 is 0 Å². The van der Waals surface area contributed by atoms with E-state index in [1.54, 1.807) is 0 Å². The van der Waals surface area contributed by atoms with Crippen LogP contribution < -0.4 is 0 Å². The summed E-state index contributed by atoms with van der Waals surface area (Å²) in [6.45, 7) is 14.4. The fourth-order valence-electron chi connectivity index (χ4n) is 4.84. The van der Waals surface area contributed by atoms with E-state index < -0.39 is 0 Å². The van der Waals surface area contributed by atoms with Gasteiger partial charge in [0.05, 0.1) is 24.8 Å². The second kappa shape index (κ2) is 9.55. The van der Waals surface area contributed by atoms with Gasteiger partial charge in [-0.25, -0.2) is 0 Å². The molecule has 0 spiro atoms. The van der Waals surface area contributed by atoms with Crippen LogP contribution in [0.4, 0.5) is 0 Å². The van der Waals surface area contributed by atoms with E-state index in [1.165, 1.54) is 6.42 Å². The highest BCUT2D eigenvalue weighted by atomic mass is 16.5. The van der Waals surface area contributed by atoms with Crippen molar-refractivity contribution in [3.8, 4) is 0 Å². The second-order valence-corrected chi connectivity index (χ2v) is 8.92. The summed E-state index contributed by atoms with van der Waals surface area (Å²) in [6, 6.07) is 0.260. The summed E-state index contributed by atoms with van der Waals surface area (Å²) in [5.74, 6) is 0.467. The molecule has 4 unspecified atom stereocenters. The number of piperidine rings is 1. The molecule has 3 heterocycles. The lowest BCUT2D eigenvalue weighted by Crippen LogP contribution is -2.58. The lowest BCUT2D eigenvalue weighted by Gasteiger charge is -2.42. The Bertz CT molecular complexity index is 540. The van der Waals surface area contributed by atoms with Crippen LogP contribution in [0.25, 0.3) is 0 Å². The van der Waals surface area contributed by atoms with Crippen molar-refractivity contribution in [1.29, 1.82) is 0 Å². The largest absolute Gasteiger partial charge is 0.372 e. The minimum Gasteiger partial charge on any atom is -0.372 e. The first-order valence-electron chi connectivity index (χ1n) is 11.0. The maximum atomic E-state index is 12.9. The molecule has 2 amide bonds. The monoisotopic (exact) mass is 394 g/mol. The summed E-state index contributed by atoms with van der Waals surface area (Å²) in [4.78, 5) is 34.1. The average Bonchev–Trinajstić information content (AvgIpc) is 2.67. The van der Waals surface area contributed by atoms with Crippen molar-refractivity contribution < 1.29 is 14.3 Å². The van der Waals surface area contributed by atoms with E-state index in [2.05, 4.69) is 21.6 Å². The molecule has 0 aromatic rings. The zero-order chi connectivity index (χ0) is 20.3. The molecule has 3 fully saturated rings. The van der Waals surface area contributed by atoms with E-state index >= 15 is 0 Å². The molecule has 0 radical (unpaired) electrons. The molecule has 7 nitrogen and oxygen atoms in total. The van der Waals surface area contributed by atoms with Gasteiger partial charge in [0.2, 0.25) is 11.8 Å². The summed E-state index contributed by atoms with van der Waals surface area (Å²) in [5.41, 5.74) is 0. The van der Waals surface area contributed by atoms with Crippen molar-refractivity contribution >= 4 is 11.8 Å². The number of rotatable bonds is 4. The fraction of sp³-hybridized carbons (Fsp3) is 0.905. The minimum absolute atomic E-state index is 0.0972. The number of morpholine rings is 1. The van der Waals surface area contributed by atoms with Gasteiger partial charge in [-0.15, -0.1) is 0 Å². The van der Waals surface area contributed by atoms with Gasteiger partial charge in [-0.2, -0.15) is 0 Å². The fourth-order valence-corrected chi connectivity index (χ4v) is 4.84. The van der Waals surface area contributed by atoms with Crippen molar-refractivity contribution in [2.45, 2.75) is 71.2 Å². The van der Waals surface area contributed by atoms with E-state index in [0.29, 0.717) is 25.7 Å². The molecule has 28 heavy (non-hydrogen) atoms. The summed E-state index contributed by atoms with van der Waals surface area (Å²) in [7, 11) is 0. The van der Waals surface area contributed by atoms with Crippen LogP contribution in [0.15, 0.2) is 0 Å². The molecule has 0 saturated carbocycles. The van der Waals surface area contributed by atoms with Gasteiger partial charge < -0.3 is 14.5 Å². The molecule has 3 aliphatic heterocycles. The van der Waals surface area contributed by atoms with Gasteiger partial charge in [-0.05, 0) is 47.0 Å². The summed E-state index contributed by atoms with van der Waals surface area (Å²) in [5, 5.41) is 0. The van der Waals surface area contributed by atoms with E-state index in [9.17, 15) is 9.59 Å². The van der Waals surface area contributed by atoms with Gasteiger partial charge in [-0.3, -0.25) is 19.4 Å². The van der Waals surface area contributed by atoms with E-state index in [-0.39, 0.29) is 30.1 Å². The summed E-state index contributed by atoms with van der Waals surface area (Å²) in [6.07, 6.45) is 3.68. The van der Waals surface area contributed by atoms with Gasteiger partial charge in [-0.1, -0.05) is 0 Å². The SMILES string of the molecule is CC1CN(C(=O)C(C)N2CCN(CC(=O)N3CCCCC3C)CC2)CC(C)O1. The van der Waals surface area contributed by atoms with Crippen LogP contribution in [-0.4, -0.2) is 108 Å². The third-order valence-corrected chi connectivity index (χ3v) is 6.53. The maximum Gasteiger partial charge on any atom is 0.239 e. The Morgan fingerprint density at radius 2 is 1.61 bits per heavy atom. The first kappa shape index (κ1) is 21.5. The molecule has 3 rings (SSSR count). The number of likely N-dealkylation sites (tertiary alicyclic amines) is 1. The smallest absolute Gasteiger partial charge is 0.239 e. The van der Waals surface area contributed by atoms with Gasteiger partial charge in [0.1, 0.15) is 0 Å². The van der Waals surface area contributed by atoms with Gasteiger partial charge in [0.15, 0.2) is 0 Å². The van der Waals surface area contributed by atoms with E-state index in [1.807, 2.05) is 25.7 Å². The Morgan fingerprint density at radius 3 is 2.21 bits per heavy atom. The Balaban J connectivity index is 1.45. The highest BCUT2D eigenvalue weighted by Crippen LogP contribution is 2.18. The van der Waals surface area contributed by atoms with Crippen LogP contribution in [0.1, 0.15) is 47.0 Å². The number of carbonyl (C=O) groups is 2. The van der Waals surface area contributed by atoms with E-state index in [0.717, 1.165) is 45.6 Å². The number of carbonyl (C=O) groups excluding carboxylic acids is 2. The Morgan fingerprint density at radius 1 is 0.964 bits per heavy atom. The molecular weight excluding hydrogens is 356 g/mol. The molecule has 3 aliphatic rings. The molecule has 3 saturated heterocycles. The number of hydrogen-bond acceptors (Lipinski definition) is 5. The van der Waals surface area contributed by atoms with Crippen molar-refractivity contribution in [2.75, 3.05) is 52.4 Å². The van der Waals surface area contributed by atoms with Crippen LogP contribution >= 0.6 is 0 Å². The molecule has 0 aromatic heterocycles. The van der Waals surface area contributed by atoms with Crippen LogP contribution in [0, 0.1) is 0 Å². The zero-order valence-electron chi connectivity index (χ0n) is 18.1. The number of piperazine rings is 1. The third-order valence-electron chi connectivity index (χ3n) is 6.53. The number of nitrogens with zero attached hydrogens (tertiary/aromatic N) is 4. The predicted molar refractivity (Wildman–Crippen MR) is 109 cm³/mol. The van der Waals surface area contributed by atoms with Crippen molar-refractivity contribution in [2.24, 2.45) is 0 Å². The maximum absolute atomic E-state index is 12.9. The third kappa shape index (κ3) is 5.24. The quantitative estimate of drug-likeness (QED) is 0.713. The first-order valence-corrected chi connectivity index (χ1v) is 11.0. The Hall–Kier alpha value is -1.18. The summed E-state index contributed by atoms with van der Waals surface area (Å²) >= 11 is 0.